The van der Waals surface area contributed by atoms with Gasteiger partial charge in [-0.2, -0.15) is 0 Å². The fourth-order valence-electron chi connectivity index (χ4n) is 2.20. The number of aryl methyl sites for hydroxylation is 2. The Bertz CT molecular complexity index is 704. The lowest BCUT2D eigenvalue weighted by atomic mass is 10.1. The van der Waals surface area contributed by atoms with E-state index >= 15 is 0 Å². The minimum absolute atomic E-state index is 0.587. The highest BCUT2D eigenvalue weighted by Crippen LogP contribution is 2.42. The van der Waals surface area contributed by atoms with E-state index in [1.54, 1.807) is 0 Å². The highest BCUT2D eigenvalue weighted by atomic mass is 79.9. The third-order valence-electron chi connectivity index (χ3n) is 3.32. The molecule has 0 amide bonds. The summed E-state index contributed by atoms with van der Waals surface area (Å²) >= 11 is 8.88. The van der Waals surface area contributed by atoms with E-state index in [-0.39, 0.29) is 0 Å². The molecule has 0 saturated heterocycles. The van der Waals surface area contributed by atoms with Crippen LogP contribution in [-0.4, -0.2) is 15.0 Å². The van der Waals surface area contributed by atoms with Gasteiger partial charge in [-0.1, -0.05) is 18.3 Å². The summed E-state index contributed by atoms with van der Waals surface area (Å²) in [7, 11) is 0. The first kappa shape index (κ1) is 12.9. The summed E-state index contributed by atoms with van der Waals surface area (Å²) in [5.41, 5.74) is 4.31. The fourth-order valence-corrected chi connectivity index (χ4v) is 2.92. The first-order valence-electron chi connectivity index (χ1n) is 6.29. The van der Waals surface area contributed by atoms with Crippen LogP contribution < -0.4 is 0 Å². The predicted molar refractivity (Wildman–Crippen MR) is 81.8 cm³/mol. The van der Waals surface area contributed by atoms with Crippen LogP contribution in [0.1, 0.15) is 35.6 Å². The number of hydrogen-bond donors (Lipinski definition) is 1. The summed E-state index contributed by atoms with van der Waals surface area (Å²) in [6, 6.07) is 2.11. The molecule has 1 fully saturated rings. The molecule has 2 aromatic heterocycles. The minimum atomic E-state index is 0.587. The van der Waals surface area contributed by atoms with Gasteiger partial charge in [0.05, 0.1) is 4.47 Å². The van der Waals surface area contributed by atoms with Crippen LogP contribution in [0.3, 0.4) is 0 Å². The van der Waals surface area contributed by atoms with Gasteiger partial charge in [0.1, 0.15) is 10.3 Å². The molecule has 1 saturated carbocycles. The van der Waals surface area contributed by atoms with Crippen molar-refractivity contribution in [2.45, 2.75) is 32.6 Å². The molecule has 98 valence electrons. The fraction of sp³-hybridized carbons (Fsp3) is 0.357. The van der Waals surface area contributed by atoms with Crippen LogP contribution in [0.5, 0.6) is 0 Å². The number of hydrogen-bond acceptors (Lipinski definition) is 3. The Hall–Kier alpha value is -1.07. The molecule has 1 aliphatic carbocycles. The number of nitrogens with zero attached hydrogens (tertiary/aromatic N) is 2. The molecule has 19 heavy (non-hydrogen) atoms. The second-order valence-corrected chi connectivity index (χ2v) is 6.25. The zero-order valence-corrected chi connectivity index (χ0v) is 13.2. The number of H-pyrrole nitrogens is 1. The van der Waals surface area contributed by atoms with Gasteiger partial charge < -0.3 is 4.98 Å². The third-order valence-corrected chi connectivity index (χ3v) is 4.68. The number of nitrogens with one attached hydrogen (secondary N) is 1. The van der Waals surface area contributed by atoms with Crippen LogP contribution in [-0.2, 0) is 0 Å². The number of aromatic nitrogens is 3. The van der Waals surface area contributed by atoms with Crippen LogP contribution in [0, 0.1) is 18.5 Å². The maximum absolute atomic E-state index is 5.34. The van der Waals surface area contributed by atoms with Gasteiger partial charge in [-0.15, -0.1) is 0 Å². The average molecular weight is 336 g/mol. The number of pyridine rings is 1. The van der Waals surface area contributed by atoms with E-state index in [2.05, 4.69) is 36.9 Å². The molecule has 3 nitrogen and oxygen atoms in total. The highest BCUT2D eigenvalue weighted by molar-refractivity contribution is 9.10. The maximum Gasteiger partial charge on any atom is 0.158 e. The molecule has 0 bridgehead atoms. The Morgan fingerprint density at radius 1 is 1.37 bits per heavy atom. The Labute approximate surface area is 125 Å². The van der Waals surface area contributed by atoms with Crippen molar-refractivity contribution in [3.63, 3.8) is 0 Å². The molecular formula is C14H14BrN3S. The molecule has 0 atom stereocenters. The average Bonchev–Trinajstić information content (AvgIpc) is 3.17. The largest absolute Gasteiger partial charge is 0.341 e. The highest BCUT2D eigenvalue weighted by Gasteiger charge is 2.28. The van der Waals surface area contributed by atoms with E-state index in [4.69, 9.17) is 12.2 Å². The van der Waals surface area contributed by atoms with Crippen molar-refractivity contribution in [1.29, 1.82) is 0 Å². The molecule has 0 aromatic carbocycles. The van der Waals surface area contributed by atoms with Crippen LogP contribution >= 0.6 is 28.1 Å². The van der Waals surface area contributed by atoms with Gasteiger partial charge in [-0.3, -0.25) is 4.98 Å². The van der Waals surface area contributed by atoms with E-state index in [0.29, 0.717) is 10.6 Å². The summed E-state index contributed by atoms with van der Waals surface area (Å²) in [5.74, 6) is 1.36. The van der Waals surface area contributed by atoms with Gasteiger partial charge in [0.2, 0.25) is 0 Å². The van der Waals surface area contributed by atoms with Crippen molar-refractivity contribution in [2.24, 2.45) is 0 Å². The summed E-state index contributed by atoms with van der Waals surface area (Å²) in [4.78, 5) is 12.3. The summed E-state index contributed by atoms with van der Waals surface area (Å²) in [6.45, 7) is 4.09. The number of halogens is 1. The number of aromatic amines is 1. The van der Waals surface area contributed by atoms with Crippen LogP contribution in [0.25, 0.3) is 11.5 Å². The molecule has 2 aromatic rings. The van der Waals surface area contributed by atoms with Crippen molar-refractivity contribution < 1.29 is 0 Å². The summed E-state index contributed by atoms with van der Waals surface area (Å²) < 4.78 is 1.54. The molecule has 0 spiro atoms. The minimum Gasteiger partial charge on any atom is -0.341 e. The van der Waals surface area contributed by atoms with Crippen molar-refractivity contribution in [3.05, 3.63) is 38.2 Å². The molecule has 5 heteroatoms. The molecule has 0 unspecified atom stereocenters. The molecule has 3 rings (SSSR count). The summed E-state index contributed by atoms with van der Waals surface area (Å²) in [6.07, 6.45) is 4.29. The first-order valence-corrected chi connectivity index (χ1v) is 7.49. The third kappa shape index (κ3) is 2.49. The Kier molecular flexibility index (Phi) is 3.27. The maximum atomic E-state index is 5.34. The quantitative estimate of drug-likeness (QED) is 0.824. The van der Waals surface area contributed by atoms with Crippen LogP contribution in [0.4, 0.5) is 0 Å². The standard InChI is InChI=1S/C14H14BrN3S/c1-7-5-8(2)11(16-6-7)13-17-12(9-3-4-9)10(15)14(19)18-13/h5-6,9H,3-4H2,1-2H3,(H,17,18,19). The van der Waals surface area contributed by atoms with Crippen LogP contribution in [0.15, 0.2) is 16.7 Å². The lowest BCUT2D eigenvalue weighted by molar-refractivity contribution is 0.963. The van der Waals surface area contributed by atoms with E-state index in [1.807, 2.05) is 20.0 Å². The monoisotopic (exact) mass is 335 g/mol. The SMILES string of the molecule is Cc1cnc(-c2nc(=S)c(Br)c(C3CC3)[nH]2)c(C)c1. The molecule has 0 aliphatic heterocycles. The molecule has 1 N–H and O–H groups in total. The predicted octanol–water partition coefficient (Wildman–Crippen LogP) is 4.46. The van der Waals surface area contributed by atoms with Crippen molar-refractivity contribution in [3.8, 4) is 11.5 Å². The van der Waals surface area contributed by atoms with Gasteiger partial charge >= 0.3 is 0 Å². The van der Waals surface area contributed by atoms with Crippen molar-refractivity contribution in [1.82, 2.24) is 15.0 Å². The lowest BCUT2D eigenvalue weighted by Crippen LogP contribution is -2.00. The van der Waals surface area contributed by atoms with Gasteiger partial charge in [0.15, 0.2) is 5.82 Å². The Balaban J connectivity index is 2.17. The van der Waals surface area contributed by atoms with Crippen LogP contribution in [0.2, 0.25) is 0 Å². The Morgan fingerprint density at radius 2 is 2.11 bits per heavy atom. The zero-order chi connectivity index (χ0) is 13.6. The molecule has 0 radical (unpaired) electrons. The second kappa shape index (κ2) is 4.80. The summed E-state index contributed by atoms with van der Waals surface area (Å²) in [5, 5.41) is 0. The first-order chi connectivity index (χ1) is 9.06. The van der Waals surface area contributed by atoms with Gasteiger partial charge in [-0.25, -0.2) is 4.98 Å². The number of rotatable bonds is 2. The topological polar surface area (TPSA) is 41.6 Å². The van der Waals surface area contributed by atoms with Gasteiger partial charge in [0.25, 0.3) is 0 Å². The molecule has 2 heterocycles. The smallest absolute Gasteiger partial charge is 0.158 e. The van der Waals surface area contributed by atoms with E-state index in [1.165, 1.54) is 12.8 Å². The van der Waals surface area contributed by atoms with E-state index < -0.39 is 0 Å². The van der Waals surface area contributed by atoms with E-state index in [9.17, 15) is 0 Å². The lowest BCUT2D eigenvalue weighted by Gasteiger charge is -2.09. The van der Waals surface area contributed by atoms with Gasteiger partial charge in [0, 0.05) is 17.8 Å². The van der Waals surface area contributed by atoms with Crippen molar-refractivity contribution in [2.75, 3.05) is 0 Å². The second-order valence-electron chi connectivity index (χ2n) is 5.07. The molecular weight excluding hydrogens is 322 g/mol. The van der Waals surface area contributed by atoms with Crippen molar-refractivity contribution >= 4 is 28.1 Å². The molecule has 1 aliphatic rings. The van der Waals surface area contributed by atoms with E-state index in [0.717, 1.165) is 32.8 Å². The zero-order valence-electron chi connectivity index (χ0n) is 10.8. The normalized spacial score (nSPS) is 14.7. The Morgan fingerprint density at radius 3 is 2.74 bits per heavy atom. The van der Waals surface area contributed by atoms with Gasteiger partial charge in [-0.05, 0) is 53.7 Å².